The van der Waals surface area contributed by atoms with Gasteiger partial charge in [0.1, 0.15) is 0 Å². The zero-order valence-electron chi connectivity index (χ0n) is 20.4. The van der Waals surface area contributed by atoms with Gasteiger partial charge in [0.05, 0.1) is 6.17 Å². The highest BCUT2D eigenvalue weighted by Crippen LogP contribution is 2.31. The van der Waals surface area contributed by atoms with Gasteiger partial charge in [-0.15, -0.1) is 0 Å². The zero-order chi connectivity index (χ0) is 21.2. The molecule has 4 heteroatoms. The fraction of sp³-hybridized carbons (Fsp3) is 1.00. The zero-order valence-corrected chi connectivity index (χ0v) is 20.4. The topological polar surface area (TPSA) is 48.1 Å². The van der Waals surface area contributed by atoms with Crippen LogP contribution in [0.3, 0.4) is 0 Å². The van der Waals surface area contributed by atoms with Crippen LogP contribution in [0.4, 0.5) is 0 Å². The van der Waals surface area contributed by atoms with E-state index in [0.29, 0.717) is 18.2 Å². The van der Waals surface area contributed by atoms with Gasteiger partial charge in [-0.2, -0.15) is 0 Å². The largest absolute Gasteiger partial charge is 0.307 e. The molecule has 0 saturated carbocycles. The first-order chi connectivity index (χ1) is 12.7. The van der Waals surface area contributed by atoms with Crippen LogP contribution >= 0.6 is 0 Å². The van der Waals surface area contributed by atoms with E-state index in [4.69, 9.17) is 0 Å². The predicted molar refractivity (Wildman–Crippen MR) is 123 cm³/mol. The molecule has 0 bridgehead atoms. The summed E-state index contributed by atoms with van der Waals surface area (Å²) >= 11 is 0. The van der Waals surface area contributed by atoms with Crippen LogP contribution in [-0.2, 0) is 0 Å². The Kier molecular flexibility index (Phi) is 7.68. The Morgan fingerprint density at radius 3 is 1.36 bits per heavy atom. The van der Waals surface area contributed by atoms with Crippen molar-refractivity contribution in [3.8, 4) is 0 Å². The second kappa shape index (κ2) is 8.91. The maximum atomic E-state index is 4.06. The van der Waals surface area contributed by atoms with Gasteiger partial charge in [-0.05, 0) is 87.5 Å². The number of hydrogen-bond donors (Lipinski definition) is 4. The van der Waals surface area contributed by atoms with Crippen LogP contribution in [0.2, 0.25) is 0 Å². The van der Waals surface area contributed by atoms with E-state index in [1.54, 1.807) is 0 Å². The second-order valence-corrected chi connectivity index (χ2v) is 12.4. The smallest absolute Gasteiger partial charge is 0.0575 e. The molecule has 2 saturated heterocycles. The molecule has 4 nitrogen and oxygen atoms in total. The molecule has 2 aliphatic rings. The monoisotopic (exact) mass is 394 g/mol. The van der Waals surface area contributed by atoms with Crippen molar-refractivity contribution in [1.82, 2.24) is 21.3 Å². The SMILES string of the molecule is CCCCCC(NC1CC(C)(C)NC(C)(C)C1)NC1CC(C)(C)NC(C)(C)C1. The van der Waals surface area contributed by atoms with Crippen LogP contribution in [0.15, 0.2) is 0 Å². The molecule has 0 spiro atoms. The molecule has 2 rings (SSSR count). The van der Waals surface area contributed by atoms with Crippen molar-refractivity contribution in [2.24, 2.45) is 0 Å². The molecule has 0 aromatic rings. The van der Waals surface area contributed by atoms with Crippen molar-refractivity contribution in [2.75, 3.05) is 0 Å². The standard InChI is InChI=1S/C24H50N4/c1-10-11-12-13-20(25-18-14-21(2,3)27-22(4,5)15-18)26-19-16-23(6,7)28-24(8,9)17-19/h18-20,25-28H,10-17H2,1-9H3. The number of rotatable bonds is 8. The van der Waals surface area contributed by atoms with E-state index in [9.17, 15) is 0 Å². The molecule has 0 aromatic carbocycles. The molecule has 28 heavy (non-hydrogen) atoms. The van der Waals surface area contributed by atoms with E-state index < -0.39 is 0 Å². The Morgan fingerprint density at radius 1 is 0.679 bits per heavy atom. The third-order valence-corrected chi connectivity index (χ3v) is 6.35. The molecule has 166 valence electrons. The summed E-state index contributed by atoms with van der Waals surface area (Å²) in [6, 6.07) is 1.13. The third kappa shape index (κ3) is 7.93. The quantitative estimate of drug-likeness (QED) is 0.356. The van der Waals surface area contributed by atoms with Crippen molar-refractivity contribution in [3.63, 3.8) is 0 Å². The lowest BCUT2D eigenvalue weighted by molar-refractivity contribution is 0.113. The Bertz CT molecular complexity index is 423. The van der Waals surface area contributed by atoms with Gasteiger partial charge >= 0.3 is 0 Å². The van der Waals surface area contributed by atoms with Crippen LogP contribution in [-0.4, -0.2) is 40.4 Å². The second-order valence-electron chi connectivity index (χ2n) is 12.4. The first kappa shape index (κ1) is 24.1. The average Bonchev–Trinajstić information content (AvgIpc) is 2.40. The fourth-order valence-corrected chi connectivity index (χ4v) is 6.26. The maximum Gasteiger partial charge on any atom is 0.0575 e. The van der Waals surface area contributed by atoms with Gasteiger partial charge in [-0.3, -0.25) is 10.6 Å². The highest BCUT2D eigenvalue weighted by Gasteiger charge is 2.40. The summed E-state index contributed by atoms with van der Waals surface area (Å²) in [5.74, 6) is 0. The summed E-state index contributed by atoms with van der Waals surface area (Å²) in [6.07, 6.45) is 10.3. The molecule has 0 radical (unpaired) electrons. The molecule has 0 aromatic heterocycles. The maximum absolute atomic E-state index is 4.06. The first-order valence-electron chi connectivity index (χ1n) is 11.8. The third-order valence-electron chi connectivity index (χ3n) is 6.35. The molecule has 4 N–H and O–H groups in total. The van der Waals surface area contributed by atoms with Crippen molar-refractivity contribution >= 4 is 0 Å². The van der Waals surface area contributed by atoms with Gasteiger partial charge in [0, 0.05) is 34.2 Å². The van der Waals surface area contributed by atoms with Crippen molar-refractivity contribution in [3.05, 3.63) is 0 Å². The molecule has 0 atom stereocenters. The molecular weight excluding hydrogens is 344 g/mol. The minimum atomic E-state index is 0.187. The van der Waals surface area contributed by atoms with E-state index in [1.165, 1.54) is 51.4 Å². The van der Waals surface area contributed by atoms with Gasteiger partial charge in [-0.1, -0.05) is 26.2 Å². The highest BCUT2D eigenvalue weighted by atomic mass is 15.2. The van der Waals surface area contributed by atoms with Gasteiger partial charge in [-0.25, -0.2) is 0 Å². The lowest BCUT2D eigenvalue weighted by atomic mass is 9.79. The number of unbranched alkanes of at least 4 members (excludes halogenated alkanes) is 2. The minimum absolute atomic E-state index is 0.187. The molecule has 0 amide bonds. The van der Waals surface area contributed by atoms with E-state index in [1.807, 2.05) is 0 Å². The Labute approximate surface area is 175 Å². The molecule has 2 heterocycles. The van der Waals surface area contributed by atoms with E-state index in [2.05, 4.69) is 83.6 Å². The number of hydrogen-bond acceptors (Lipinski definition) is 4. The minimum Gasteiger partial charge on any atom is -0.307 e. The van der Waals surface area contributed by atoms with Crippen LogP contribution in [0.5, 0.6) is 0 Å². The predicted octanol–water partition coefficient (Wildman–Crippen LogP) is 4.69. The van der Waals surface area contributed by atoms with E-state index in [0.717, 1.165) is 0 Å². The molecule has 2 fully saturated rings. The fourth-order valence-electron chi connectivity index (χ4n) is 6.26. The van der Waals surface area contributed by atoms with Crippen molar-refractivity contribution < 1.29 is 0 Å². The van der Waals surface area contributed by atoms with Crippen LogP contribution in [0, 0.1) is 0 Å². The number of piperidine rings is 2. The Balaban J connectivity index is 2.05. The lowest BCUT2D eigenvalue weighted by Crippen LogP contribution is -2.66. The van der Waals surface area contributed by atoms with Gasteiger partial charge in [0.25, 0.3) is 0 Å². The van der Waals surface area contributed by atoms with Gasteiger partial charge in [0.2, 0.25) is 0 Å². The molecular formula is C24H50N4. The average molecular weight is 395 g/mol. The van der Waals surface area contributed by atoms with E-state index >= 15 is 0 Å². The first-order valence-corrected chi connectivity index (χ1v) is 11.8. The Morgan fingerprint density at radius 2 is 1.04 bits per heavy atom. The molecule has 0 aliphatic carbocycles. The molecule has 2 aliphatic heterocycles. The lowest BCUT2D eigenvalue weighted by Gasteiger charge is -2.49. The summed E-state index contributed by atoms with van der Waals surface area (Å²) in [5.41, 5.74) is 0.747. The van der Waals surface area contributed by atoms with Crippen molar-refractivity contribution in [1.29, 1.82) is 0 Å². The summed E-state index contributed by atoms with van der Waals surface area (Å²) in [7, 11) is 0. The summed E-state index contributed by atoms with van der Waals surface area (Å²) in [5, 5.41) is 15.8. The van der Waals surface area contributed by atoms with Crippen LogP contribution < -0.4 is 21.3 Å². The number of nitrogens with one attached hydrogen (secondary N) is 4. The van der Waals surface area contributed by atoms with Crippen LogP contribution in [0.25, 0.3) is 0 Å². The highest BCUT2D eigenvalue weighted by molar-refractivity contribution is 5.02. The van der Waals surface area contributed by atoms with Crippen LogP contribution in [0.1, 0.15) is 114 Å². The Hall–Kier alpha value is -0.160. The summed E-state index contributed by atoms with van der Waals surface area (Å²) in [4.78, 5) is 0. The molecule has 0 unspecified atom stereocenters. The van der Waals surface area contributed by atoms with E-state index in [-0.39, 0.29) is 22.2 Å². The summed E-state index contributed by atoms with van der Waals surface area (Å²) in [6.45, 7) is 21.1. The van der Waals surface area contributed by atoms with Crippen molar-refractivity contribution in [2.45, 2.75) is 154 Å². The van der Waals surface area contributed by atoms with Gasteiger partial charge < -0.3 is 10.6 Å². The summed E-state index contributed by atoms with van der Waals surface area (Å²) < 4.78 is 0. The van der Waals surface area contributed by atoms with Gasteiger partial charge in [0.15, 0.2) is 0 Å². The normalized spacial score (nSPS) is 27.2.